The van der Waals surface area contributed by atoms with E-state index in [4.69, 9.17) is 9.47 Å². The topological polar surface area (TPSA) is 81.9 Å². The Balaban J connectivity index is 1.65. The molecule has 0 aliphatic carbocycles. The summed E-state index contributed by atoms with van der Waals surface area (Å²) >= 11 is 0. The van der Waals surface area contributed by atoms with E-state index in [0.717, 1.165) is 11.9 Å². The molecule has 0 radical (unpaired) electrons. The SMILES string of the molecule is O=S(=O)(Nc1ccn2nccc2c1)c1ccc2c(c1)OCCCO2. The zero-order chi connectivity index (χ0) is 16.6. The van der Waals surface area contributed by atoms with Gasteiger partial charge in [-0.05, 0) is 30.3 Å². The van der Waals surface area contributed by atoms with Crippen LogP contribution < -0.4 is 14.2 Å². The number of nitrogens with one attached hydrogen (secondary N) is 1. The second-order valence-corrected chi connectivity index (χ2v) is 7.06. The molecule has 124 valence electrons. The number of ether oxygens (including phenoxy) is 2. The molecular formula is C16H15N3O4S. The van der Waals surface area contributed by atoms with E-state index in [-0.39, 0.29) is 4.90 Å². The Morgan fingerprint density at radius 3 is 2.75 bits per heavy atom. The van der Waals surface area contributed by atoms with Crippen LogP contribution in [0.4, 0.5) is 5.69 Å². The van der Waals surface area contributed by atoms with Gasteiger partial charge in [-0.15, -0.1) is 0 Å². The minimum absolute atomic E-state index is 0.125. The number of aromatic nitrogens is 2. The fourth-order valence-electron chi connectivity index (χ4n) is 2.51. The van der Waals surface area contributed by atoms with Gasteiger partial charge in [0.1, 0.15) is 0 Å². The first-order valence-electron chi connectivity index (χ1n) is 7.48. The van der Waals surface area contributed by atoms with E-state index >= 15 is 0 Å². The van der Waals surface area contributed by atoms with Crippen LogP contribution in [0, 0.1) is 0 Å². The molecule has 1 N–H and O–H groups in total. The van der Waals surface area contributed by atoms with Gasteiger partial charge < -0.3 is 9.47 Å². The monoisotopic (exact) mass is 345 g/mol. The van der Waals surface area contributed by atoms with Crippen molar-refractivity contribution in [3.63, 3.8) is 0 Å². The van der Waals surface area contributed by atoms with Crippen LogP contribution in [0.15, 0.2) is 53.7 Å². The predicted molar refractivity (Wildman–Crippen MR) is 88.0 cm³/mol. The van der Waals surface area contributed by atoms with Crippen molar-refractivity contribution < 1.29 is 17.9 Å². The summed E-state index contributed by atoms with van der Waals surface area (Å²) in [7, 11) is -3.73. The Labute approximate surface area is 138 Å². The maximum atomic E-state index is 12.6. The van der Waals surface area contributed by atoms with Gasteiger partial charge in [-0.3, -0.25) is 4.72 Å². The zero-order valence-electron chi connectivity index (χ0n) is 12.7. The highest BCUT2D eigenvalue weighted by Gasteiger charge is 2.19. The van der Waals surface area contributed by atoms with Crippen LogP contribution in [0.2, 0.25) is 0 Å². The molecule has 24 heavy (non-hydrogen) atoms. The van der Waals surface area contributed by atoms with Crippen LogP contribution in [0.1, 0.15) is 6.42 Å². The standard InChI is InChI=1S/C16H15N3O4S/c20-24(21,18-12-5-7-19-13(10-12)4-6-17-19)14-2-3-15-16(11-14)23-9-1-8-22-15/h2-7,10-11,18H,1,8-9H2. The van der Waals surface area contributed by atoms with Crippen LogP contribution in [0.5, 0.6) is 11.5 Å². The first kappa shape index (κ1) is 14.8. The summed E-state index contributed by atoms with van der Waals surface area (Å²) < 4.78 is 40.5. The van der Waals surface area contributed by atoms with Crippen molar-refractivity contribution in [3.8, 4) is 11.5 Å². The van der Waals surface area contributed by atoms with E-state index in [2.05, 4.69) is 9.82 Å². The predicted octanol–water partition coefficient (Wildman–Crippen LogP) is 2.30. The summed E-state index contributed by atoms with van der Waals surface area (Å²) in [5.74, 6) is 1.01. The molecule has 1 aliphatic heterocycles. The van der Waals surface area contributed by atoms with Gasteiger partial charge in [-0.2, -0.15) is 5.10 Å². The molecule has 4 rings (SSSR count). The highest BCUT2D eigenvalue weighted by Crippen LogP contribution is 2.32. The molecule has 3 heterocycles. The number of hydrogen-bond acceptors (Lipinski definition) is 5. The fraction of sp³-hybridized carbons (Fsp3) is 0.188. The van der Waals surface area contributed by atoms with E-state index in [1.165, 1.54) is 12.1 Å². The smallest absolute Gasteiger partial charge is 0.262 e. The molecule has 0 amide bonds. The van der Waals surface area contributed by atoms with E-state index < -0.39 is 10.0 Å². The molecular weight excluding hydrogens is 330 g/mol. The molecule has 1 aliphatic rings. The van der Waals surface area contributed by atoms with Gasteiger partial charge in [0.05, 0.1) is 29.3 Å². The Bertz CT molecular complexity index is 997. The van der Waals surface area contributed by atoms with Gasteiger partial charge in [0, 0.05) is 24.9 Å². The molecule has 0 bridgehead atoms. The zero-order valence-corrected chi connectivity index (χ0v) is 13.5. The summed E-state index contributed by atoms with van der Waals surface area (Å²) in [5.41, 5.74) is 1.27. The van der Waals surface area contributed by atoms with Gasteiger partial charge in [0.25, 0.3) is 10.0 Å². The summed E-state index contributed by atoms with van der Waals surface area (Å²) in [6.07, 6.45) is 4.11. The number of nitrogens with zero attached hydrogens (tertiary/aromatic N) is 2. The van der Waals surface area contributed by atoms with Crippen LogP contribution in [0.3, 0.4) is 0 Å². The first-order valence-corrected chi connectivity index (χ1v) is 8.96. The third-order valence-corrected chi connectivity index (χ3v) is 5.06. The number of pyridine rings is 1. The molecule has 3 aromatic rings. The largest absolute Gasteiger partial charge is 0.490 e. The maximum Gasteiger partial charge on any atom is 0.262 e. The van der Waals surface area contributed by atoms with Crippen LogP contribution in [0.25, 0.3) is 5.52 Å². The number of fused-ring (bicyclic) bond motifs is 2. The molecule has 1 aromatic carbocycles. The van der Waals surface area contributed by atoms with Gasteiger partial charge in [0.15, 0.2) is 11.5 Å². The number of anilines is 1. The van der Waals surface area contributed by atoms with Crippen molar-refractivity contribution in [2.24, 2.45) is 0 Å². The Morgan fingerprint density at radius 2 is 1.88 bits per heavy atom. The highest BCUT2D eigenvalue weighted by molar-refractivity contribution is 7.92. The van der Waals surface area contributed by atoms with E-state index in [9.17, 15) is 8.42 Å². The molecule has 0 saturated heterocycles. The number of benzene rings is 1. The van der Waals surface area contributed by atoms with Crippen molar-refractivity contribution in [2.45, 2.75) is 11.3 Å². The van der Waals surface area contributed by atoms with Gasteiger partial charge in [-0.1, -0.05) is 0 Å². The number of rotatable bonds is 3. The lowest BCUT2D eigenvalue weighted by molar-refractivity contribution is 0.297. The van der Waals surface area contributed by atoms with Crippen molar-refractivity contribution in [1.82, 2.24) is 9.61 Å². The normalized spacial score (nSPS) is 14.3. The lowest BCUT2D eigenvalue weighted by Gasteiger charge is -2.11. The Morgan fingerprint density at radius 1 is 1.04 bits per heavy atom. The minimum Gasteiger partial charge on any atom is -0.490 e. The number of sulfonamides is 1. The van der Waals surface area contributed by atoms with Crippen molar-refractivity contribution >= 4 is 21.2 Å². The van der Waals surface area contributed by atoms with Crippen molar-refractivity contribution in [2.75, 3.05) is 17.9 Å². The van der Waals surface area contributed by atoms with E-state index in [1.807, 2.05) is 0 Å². The third kappa shape index (κ3) is 2.76. The molecule has 2 aromatic heterocycles. The molecule has 0 atom stereocenters. The average molecular weight is 345 g/mol. The minimum atomic E-state index is -3.73. The van der Waals surface area contributed by atoms with Gasteiger partial charge >= 0.3 is 0 Å². The van der Waals surface area contributed by atoms with E-state index in [0.29, 0.717) is 30.4 Å². The molecule has 7 nitrogen and oxygen atoms in total. The summed E-state index contributed by atoms with van der Waals surface area (Å²) in [6.45, 7) is 1.06. The highest BCUT2D eigenvalue weighted by atomic mass is 32.2. The second kappa shape index (κ2) is 5.72. The van der Waals surface area contributed by atoms with Crippen LogP contribution >= 0.6 is 0 Å². The molecule has 0 unspecified atom stereocenters. The third-order valence-electron chi connectivity index (χ3n) is 3.68. The molecule has 0 fully saturated rings. The Kier molecular flexibility index (Phi) is 3.53. The maximum absolute atomic E-state index is 12.6. The lowest BCUT2D eigenvalue weighted by Crippen LogP contribution is -2.13. The quantitative estimate of drug-likeness (QED) is 0.788. The molecule has 0 saturated carbocycles. The van der Waals surface area contributed by atoms with Crippen molar-refractivity contribution in [1.29, 1.82) is 0 Å². The van der Waals surface area contributed by atoms with Crippen LogP contribution in [-0.4, -0.2) is 31.2 Å². The summed E-state index contributed by atoms with van der Waals surface area (Å²) in [5, 5.41) is 4.08. The van der Waals surface area contributed by atoms with Gasteiger partial charge in [0.2, 0.25) is 0 Å². The van der Waals surface area contributed by atoms with Crippen LogP contribution in [-0.2, 0) is 10.0 Å². The summed E-state index contributed by atoms with van der Waals surface area (Å²) in [6, 6.07) is 9.78. The summed E-state index contributed by atoms with van der Waals surface area (Å²) in [4.78, 5) is 0.125. The molecule has 8 heteroatoms. The number of hydrogen-bond donors (Lipinski definition) is 1. The average Bonchev–Trinajstić information content (AvgIpc) is 2.89. The lowest BCUT2D eigenvalue weighted by atomic mass is 10.3. The Hall–Kier alpha value is -2.74. The van der Waals surface area contributed by atoms with E-state index in [1.54, 1.807) is 41.2 Å². The second-order valence-electron chi connectivity index (χ2n) is 5.38. The van der Waals surface area contributed by atoms with Gasteiger partial charge in [-0.25, -0.2) is 12.9 Å². The fourth-order valence-corrected chi connectivity index (χ4v) is 3.57. The molecule has 0 spiro atoms. The van der Waals surface area contributed by atoms with Crippen molar-refractivity contribution in [3.05, 3.63) is 48.8 Å². The first-order chi connectivity index (χ1) is 11.6.